The van der Waals surface area contributed by atoms with Crippen LogP contribution in [0.25, 0.3) is 0 Å². The van der Waals surface area contributed by atoms with E-state index in [9.17, 15) is 9.50 Å². The summed E-state index contributed by atoms with van der Waals surface area (Å²) in [7, 11) is 3.00. The van der Waals surface area contributed by atoms with E-state index in [1.807, 2.05) is 6.92 Å². The molecule has 0 saturated heterocycles. The van der Waals surface area contributed by atoms with Crippen LogP contribution >= 0.6 is 0 Å². The molecular weight excluding hydrogens is 223 g/mol. The molecule has 1 unspecified atom stereocenters. The Hall–Kier alpha value is -1.29. The molecule has 0 aromatic heterocycles. The number of hydrogen-bond donors (Lipinski definition) is 1. The predicted molar refractivity (Wildman–Crippen MR) is 64.5 cm³/mol. The van der Waals surface area contributed by atoms with Crippen molar-refractivity contribution in [3.63, 3.8) is 0 Å². The van der Waals surface area contributed by atoms with Crippen molar-refractivity contribution in [2.45, 2.75) is 26.7 Å². The summed E-state index contributed by atoms with van der Waals surface area (Å²) in [6.45, 7) is 5.09. The van der Waals surface area contributed by atoms with Gasteiger partial charge >= 0.3 is 0 Å². The number of methoxy groups -OCH3 is 2. The van der Waals surface area contributed by atoms with Gasteiger partial charge in [0.05, 0.1) is 14.2 Å². The van der Waals surface area contributed by atoms with E-state index in [0.717, 1.165) is 0 Å². The van der Waals surface area contributed by atoms with Crippen molar-refractivity contribution in [2.24, 2.45) is 0 Å². The summed E-state index contributed by atoms with van der Waals surface area (Å²) in [6.07, 6.45) is 0. The molecule has 1 atom stereocenters. The zero-order valence-corrected chi connectivity index (χ0v) is 10.9. The van der Waals surface area contributed by atoms with Crippen LogP contribution in [0.2, 0.25) is 0 Å². The number of ether oxygens (including phenoxy) is 2. The number of rotatable bonds is 4. The standard InChI is InChI=1S/C13H19FO3/c1-7(6-15)10-8(2)11(14)9(3)12(16-4)13(10)17-5/h7,15H,6H2,1-5H3. The van der Waals surface area contributed by atoms with Crippen LogP contribution in [0.15, 0.2) is 0 Å². The highest BCUT2D eigenvalue weighted by molar-refractivity contribution is 5.57. The average molecular weight is 242 g/mol. The number of aliphatic hydroxyl groups is 1. The summed E-state index contributed by atoms with van der Waals surface area (Å²) < 4.78 is 24.5. The molecule has 3 nitrogen and oxygen atoms in total. The highest BCUT2D eigenvalue weighted by Gasteiger charge is 2.24. The molecule has 1 aromatic rings. The van der Waals surface area contributed by atoms with Crippen LogP contribution in [0.5, 0.6) is 11.5 Å². The molecule has 0 spiro atoms. The minimum absolute atomic E-state index is 0.0666. The number of aliphatic hydroxyl groups excluding tert-OH is 1. The molecule has 0 heterocycles. The second-order valence-electron chi connectivity index (χ2n) is 4.13. The molecule has 0 aliphatic rings. The lowest BCUT2D eigenvalue weighted by Gasteiger charge is -2.21. The zero-order valence-electron chi connectivity index (χ0n) is 10.9. The smallest absolute Gasteiger partial charge is 0.166 e. The molecule has 0 bridgehead atoms. The second kappa shape index (κ2) is 5.36. The molecule has 0 amide bonds. The van der Waals surface area contributed by atoms with Crippen molar-refractivity contribution in [1.82, 2.24) is 0 Å². The molecule has 1 aromatic carbocycles. The molecule has 0 aliphatic carbocycles. The molecule has 0 radical (unpaired) electrons. The fourth-order valence-corrected chi connectivity index (χ4v) is 2.10. The van der Waals surface area contributed by atoms with Gasteiger partial charge in [0.1, 0.15) is 5.82 Å². The van der Waals surface area contributed by atoms with Crippen molar-refractivity contribution in [2.75, 3.05) is 20.8 Å². The first-order valence-corrected chi connectivity index (χ1v) is 5.50. The molecule has 0 fully saturated rings. The third kappa shape index (κ3) is 2.22. The largest absolute Gasteiger partial charge is 0.493 e. The van der Waals surface area contributed by atoms with Gasteiger partial charge in [-0.3, -0.25) is 0 Å². The Morgan fingerprint density at radius 2 is 1.65 bits per heavy atom. The monoisotopic (exact) mass is 242 g/mol. The average Bonchev–Trinajstić information content (AvgIpc) is 2.34. The molecular formula is C13H19FO3. The van der Waals surface area contributed by atoms with Gasteiger partial charge in [0.2, 0.25) is 0 Å². The van der Waals surface area contributed by atoms with Crippen molar-refractivity contribution in [1.29, 1.82) is 0 Å². The predicted octanol–water partition coefficient (Wildman–Crippen LogP) is 2.56. The normalized spacial score (nSPS) is 12.4. The lowest BCUT2D eigenvalue weighted by Crippen LogP contribution is -2.09. The SMILES string of the molecule is COc1c(C)c(F)c(C)c(C(C)CO)c1OC. The minimum Gasteiger partial charge on any atom is -0.493 e. The first-order valence-electron chi connectivity index (χ1n) is 5.50. The van der Waals surface area contributed by atoms with E-state index in [1.54, 1.807) is 13.8 Å². The van der Waals surface area contributed by atoms with Crippen molar-refractivity contribution < 1.29 is 19.0 Å². The Kier molecular flexibility index (Phi) is 4.34. The van der Waals surface area contributed by atoms with Crippen LogP contribution in [0.1, 0.15) is 29.5 Å². The maximum absolute atomic E-state index is 14.0. The summed E-state index contributed by atoms with van der Waals surface area (Å²) in [5.41, 5.74) is 1.59. The van der Waals surface area contributed by atoms with E-state index in [0.29, 0.717) is 28.2 Å². The Labute approximate surface area is 101 Å². The first kappa shape index (κ1) is 13.8. The highest BCUT2D eigenvalue weighted by atomic mass is 19.1. The van der Waals surface area contributed by atoms with Gasteiger partial charge in [0, 0.05) is 23.7 Å². The summed E-state index contributed by atoms with van der Waals surface area (Å²) in [6, 6.07) is 0. The number of halogens is 1. The third-order valence-corrected chi connectivity index (χ3v) is 3.03. The van der Waals surface area contributed by atoms with Gasteiger partial charge in [-0.25, -0.2) is 4.39 Å². The van der Waals surface area contributed by atoms with Gasteiger partial charge in [-0.15, -0.1) is 0 Å². The fraction of sp³-hybridized carbons (Fsp3) is 0.538. The molecule has 1 rings (SSSR count). The van der Waals surface area contributed by atoms with E-state index in [2.05, 4.69) is 0 Å². The van der Waals surface area contributed by atoms with Crippen LogP contribution < -0.4 is 9.47 Å². The van der Waals surface area contributed by atoms with Crippen molar-refractivity contribution in [3.8, 4) is 11.5 Å². The Morgan fingerprint density at radius 3 is 2.06 bits per heavy atom. The molecule has 0 aliphatic heterocycles. The summed E-state index contributed by atoms with van der Waals surface area (Å²) in [5, 5.41) is 9.24. The highest BCUT2D eigenvalue weighted by Crippen LogP contribution is 2.42. The quantitative estimate of drug-likeness (QED) is 0.881. The van der Waals surface area contributed by atoms with Crippen LogP contribution in [0, 0.1) is 19.7 Å². The van der Waals surface area contributed by atoms with E-state index < -0.39 is 0 Å². The van der Waals surface area contributed by atoms with Crippen LogP contribution in [-0.4, -0.2) is 25.9 Å². The van der Waals surface area contributed by atoms with E-state index in [-0.39, 0.29) is 18.3 Å². The maximum Gasteiger partial charge on any atom is 0.166 e. The summed E-state index contributed by atoms with van der Waals surface area (Å²) >= 11 is 0. The van der Waals surface area contributed by atoms with Gasteiger partial charge in [0.25, 0.3) is 0 Å². The fourth-order valence-electron chi connectivity index (χ4n) is 2.10. The van der Waals surface area contributed by atoms with E-state index in [4.69, 9.17) is 9.47 Å². The zero-order chi connectivity index (χ0) is 13.2. The van der Waals surface area contributed by atoms with Crippen LogP contribution in [0.4, 0.5) is 4.39 Å². The molecule has 1 N–H and O–H groups in total. The Bertz CT molecular complexity index is 416. The van der Waals surface area contributed by atoms with Crippen molar-refractivity contribution >= 4 is 0 Å². The first-order chi connectivity index (χ1) is 7.99. The van der Waals surface area contributed by atoms with Crippen LogP contribution in [0.3, 0.4) is 0 Å². The van der Waals surface area contributed by atoms with Gasteiger partial charge in [-0.05, 0) is 19.4 Å². The van der Waals surface area contributed by atoms with Gasteiger partial charge in [-0.2, -0.15) is 0 Å². The molecule has 4 heteroatoms. The lowest BCUT2D eigenvalue weighted by atomic mass is 9.93. The Balaban J connectivity index is 3.61. The lowest BCUT2D eigenvalue weighted by molar-refractivity contribution is 0.267. The summed E-state index contributed by atoms with van der Waals surface area (Å²) in [4.78, 5) is 0. The molecule has 0 saturated carbocycles. The molecule has 96 valence electrons. The Morgan fingerprint density at radius 1 is 1.12 bits per heavy atom. The van der Waals surface area contributed by atoms with Crippen molar-refractivity contribution in [3.05, 3.63) is 22.5 Å². The number of benzene rings is 1. The van der Waals surface area contributed by atoms with Crippen LogP contribution in [-0.2, 0) is 0 Å². The summed E-state index contributed by atoms with van der Waals surface area (Å²) in [5.74, 6) is 0.392. The number of hydrogen-bond acceptors (Lipinski definition) is 3. The van der Waals surface area contributed by atoms with E-state index >= 15 is 0 Å². The van der Waals surface area contributed by atoms with Gasteiger partial charge < -0.3 is 14.6 Å². The third-order valence-electron chi connectivity index (χ3n) is 3.03. The van der Waals surface area contributed by atoms with E-state index in [1.165, 1.54) is 14.2 Å². The van der Waals surface area contributed by atoms with Gasteiger partial charge in [0.15, 0.2) is 11.5 Å². The molecule has 17 heavy (non-hydrogen) atoms. The van der Waals surface area contributed by atoms with Gasteiger partial charge in [-0.1, -0.05) is 6.92 Å². The maximum atomic E-state index is 14.0. The topological polar surface area (TPSA) is 38.7 Å². The minimum atomic E-state index is -0.307. The second-order valence-corrected chi connectivity index (χ2v) is 4.13.